The van der Waals surface area contributed by atoms with Crippen LogP contribution in [0.5, 0.6) is 0 Å². The molecule has 3 rings (SSSR count). The monoisotopic (exact) mass is 359 g/mol. The van der Waals surface area contributed by atoms with Crippen LogP contribution in [0, 0.1) is 10.1 Å². The predicted octanol–water partition coefficient (Wildman–Crippen LogP) is 3.08. The normalized spacial score (nSPS) is 11.4. The molecule has 0 aliphatic rings. The minimum Gasteiger partial charge on any atom is -0.360 e. The first-order valence-electron chi connectivity index (χ1n) is 7.17. The number of nitro groups is 1. The summed E-state index contributed by atoms with van der Waals surface area (Å²) in [6.45, 7) is 1.38. The summed E-state index contributed by atoms with van der Waals surface area (Å²) in [5.41, 5.74) is 0.854. The van der Waals surface area contributed by atoms with Gasteiger partial charge in [-0.1, -0.05) is 12.1 Å². The molecule has 128 valence electrons. The quantitative estimate of drug-likeness (QED) is 0.412. The fourth-order valence-electron chi connectivity index (χ4n) is 2.43. The highest BCUT2D eigenvalue weighted by atomic mass is 32.2. The summed E-state index contributed by atoms with van der Waals surface area (Å²) in [5.74, 6) is -0.191. The van der Waals surface area contributed by atoms with E-state index in [1.54, 1.807) is 12.1 Å². The van der Waals surface area contributed by atoms with Gasteiger partial charge in [0.1, 0.15) is 4.90 Å². The molecule has 2 N–H and O–H groups in total. The van der Waals surface area contributed by atoms with Crippen LogP contribution in [0.3, 0.4) is 0 Å². The molecule has 0 spiro atoms. The largest absolute Gasteiger partial charge is 0.360 e. The number of hydrogen-bond donors (Lipinski definition) is 2. The summed E-state index contributed by atoms with van der Waals surface area (Å²) in [7, 11) is -4.00. The second-order valence-electron chi connectivity index (χ2n) is 5.38. The van der Waals surface area contributed by atoms with E-state index in [-0.39, 0.29) is 27.4 Å². The zero-order chi connectivity index (χ0) is 18.2. The minimum absolute atomic E-state index is 0.112. The van der Waals surface area contributed by atoms with Crippen molar-refractivity contribution in [1.82, 2.24) is 4.98 Å². The number of nitro benzene ring substituents is 1. The summed E-state index contributed by atoms with van der Waals surface area (Å²) in [4.78, 5) is 24.4. The summed E-state index contributed by atoms with van der Waals surface area (Å²) in [5, 5.41) is 11.1. The number of rotatable bonds is 5. The Morgan fingerprint density at radius 2 is 1.96 bits per heavy atom. The van der Waals surface area contributed by atoms with Crippen molar-refractivity contribution in [1.29, 1.82) is 0 Å². The molecular formula is C16H13N3O5S. The van der Waals surface area contributed by atoms with Crippen molar-refractivity contribution in [2.45, 2.75) is 11.8 Å². The van der Waals surface area contributed by atoms with Gasteiger partial charge in [0.15, 0.2) is 5.78 Å². The van der Waals surface area contributed by atoms with E-state index in [1.807, 2.05) is 0 Å². The summed E-state index contributed by atoms with van der Waals surface area (Å²) >= 11 is 0. The van der Waals surface area contributed by atoms with Crippen molar-refractivity contribution in [3.8, 4) is 0 Å². The number of ketones is 1. The fraction of sp³-hybridized carbons (Fsp3) is 0.0625. The van der Waals surface area contributed by atoms with Crippen LogP contribution in [0.25, 0.3) is 10.9 Å². The topological polar surface area (TPSA) is 122 Å². The molecule has 25 heavy (non-hydrogen) atoms. The van der Waals surface area contributed by atoms with Crippen LogP contribution >= 0.6 is 0 Å². The predicted molar refractivity (Wildman–Crippen MR) is 92.2 cm³/mol. The molecule has 0 unspecified atom stereocenters. The Morgan fingerprint density at radius 1 is 1.20 bits per heavy atom. The Hall–Kier alpha value is -3.20. The first-order valence-corrected chi connectivity index (χ1v) is 8.65. The Kier molecular flexibility index (Phi) is 4.01. The molecule has 1 aromatic heterocycles. The molecule has 0 aliphatic carbocycles. The molecule has 8 nitrogen and oxygen atoms in total. The lowest BCUT2D eigenvalue weighted by molar-refractivity contribution is -0.384. The van der Waals surface area contributed by atoms with Crippen LogP contribution in [0.2, 0.25) is 0 Å². The summed E-state index contributed by atoms with van der Waals surface area (Å²) in [6.07, 6.45) is 1.27. The van der Waals surface area contributed by atoms with E-state index in [0.717, 1.165) is 0 Å². The number of fused-ring (bicyclic) bond motifs is 1. The summed E-state index contributed by atoms with van der Waals surface area (Å²) < 4.78 is 27.7. The molecule has 0 amide bonds. The SMILES string of the molecule is CC(=O)c1cccc(NS(=O)(=O)c2c[nH]c3ccc([N+](=O)[O-])cc23)c1. The van der Waals surface area contributed by atoms with Crippen molar-refractivity contribution >= 4 is 38.1 Å². The molecule has 0 atom stereocenters. The second kappa shape index (κ2) is 6.02. The van der Waals surface area contributed by atoms with Gasteiger partial charge in [-0.05, 0) is 25.1 Å². The third-order valence-electron chi connectivity index (χ3n) is 3.65. The van der Waals surface area contributed by atoms with Crippen LogP contribution in [0.4, 0.5) is 11.4 Å². The summed E-state index contributed by atoms with van der Waals surface area (Å²) in [6, 6.07) is 10.0. The Bertz CT molecular complexity index is 1100. The molecule has 0 aliphatic heterocycles. The number of carbonyl (C=O) groups is 1. The molecule has 1 heterocycles. The van der Waals surface area contributed by atoms with Gasteiger partial charge in [0.05, 0.1) is 4.92 Å². The van der Waals surface area contributed by atoms with Crippen molar-refractivity contribution < 1.29 is 18.1 Å². The Balaban J connectivity index is 2.04. The zero-order valence-electron chi connectivity index (χ0n) is 13.0. The average molecular weight is 359 g/mol. The zero-order valence-corrected chi connectivity index (χ0v) is 13.8. The van der Waals surface area contributed by atoms with Crippen molar-refractivity contribution in [2.75, 3.05) is 4.72 Å². The molecule has 2 aromatic carbocycles. The van der Waals surface area contributed by atoms with E-state index in [0.29, 0.717) is 11.1 Å². The van der Waals surface area contributed by atoms with E-state index in [2.05, 4.69) is 9.71 Å². The molecule has 0 bridgehead atoms. The van der Waals surface area contributed by atoms with Gasteiger partial charge in [-0.25, -0.2) is 8.42 Å². The number of nitrogens with one attached hydrogen (secondary N) is 2. The number of non-ortho nitro benzene ring substituents is 1. The number of carbonyl (C=O) groups excluding carboxylic acids is 1. The van der Waals surface area contributed by atoms with Crippen molar-refractivity contribution in [3.05, 3.63) is 64.3 Å². The Labute approximate surface area is 142 Å². The van der Waals surface area contributed by atoms with Gasteiger partial charge < -0.3 is 4.98 Å². The van der Waals surface area contributed by atoms with Gasteiger partial charge in [-0.2, -0.15) is 0 Å². The molecule has 9 heteroatoms. The number of benzene rings is 2. The highest BCUT2D eigenvalue weighted by molar-refractivity contribution is 7.93. The fourth-order valence-corrected chi connectivity index (χ4v) is 3.65. The first-order chi connectivity index (χ1) is 11.8. The molecule has 0 radical (unpaired) electrons. The maximum absolute atomic E-state index is 12.7. The molecule has 3 aromatic rings. The van der Waals surface area contributed by atoms with Crippen molar-refractivity contribution in [3.63, 3.8) is 0 Å². The van der Waals surface area contributed by atoms with Gasteiger partial charge in [-0.15, -0.1) is 0 Å². The molecule has 0 saturated carbocycles. The van der Waals surface area contributed by atoms with Gasteiger partial charge in [0.25, 0.3) is 15.7 Å². The molecule has 0 fully saturated rings. The number of anilines is 1. The highest BCUT2D eigenvalue weighted by Gasteiger charge is 2.21. The maximum Gasteiger partial charge on any atom is 0.270 e. The highest BCUT2D eigenvalue weighted by Crippen LogP contribution is 2.28. The number of H-pyrrole nitrogens is 1. The number of aromatic nitrogens is 1. The lowest BCUT2D eigenvalue weighted by Crippen LogP contribution is -2.13. The van der Waals surface area contributed by atoms with E-state index in [9.17, 15) is 23.3 Å². The van der Waals surface area contributed by atoms with Gasteiger partial charge in [-0.3, -0.25) is 19.6 Å². The van der Waals surface area contributed by atoms with Crippen LogP contribution < -0.4 is 4.72 Å². The number of Topliss-reactive ketones (excluding diaryl/α,β-unsaturated/α-hetero) is 1. The van der Waals surface area contributed by atoms with Gasteiger partial charge in [0, 0.05) is 40.5 Å². The van der Waals surface area contributed by atoms with Crippen LogP contribution in [0.1, 0.15) is 17.3 Å². The lowest BCUT2D eigenvalue weighted by Gasteiger charge is -2.08. The number of hydrogen-bond acceptors (Lipinski definition) is 5. The van der Waals surface area contributed by atoms with E-state index in [4.69, 9.17) is 0 Å². The minimum atomic E-state index is -4.00. The first kappa shape index (κ1) is 16.7. The average Bonchev–Trinajstić information content (AvgIpc) is 2.98. The van der Waals surface area contributed by atoms with Gasteiger partial charge >= 0.3 is 0 Å². The van der Waals surface area contributed by atoms with Crippen molar-refractivity contribution in [2.24, 2.45) is 0 Å². The van der Waals surface area contributed by atoms with E-state index < -0.39 is 14.9 Å². The van der Waals surface area contributed by atoms with E-state index in [1.165, 1.54) is 43.5 Å². The van der Waals surface area contributed by atoms with Crippen LogP contribution in [-0.2, 0) is 10.0 Å². The third kappa shape index (κ3) is 3.22. The lowest BCUT2D eigenvalue weighted by atomic mass is 10.1. The number of sulfonamides is 1. The third-order valence-corrected chi connectivity index (χ3v) is 5.07. The standard InChI is InChI=1S/C16H13N3O5S/c1-10(20)11-3-2-4-12(7-11)18-25(23,24)16-9-17-15-6-5-13(19(21)22)8-14(15)16/h2-9,17-18H,1H3. The number of nitrogens with zero attached hydrogens (tertiary/aromatic N) is 1. The molecule has 0 saturated heterocycles. The smallest absolute Gasteiger partial charge is 0.270 e. The van der Waals surface area contributed by atoms with Gasteiger partial charge in [0.2, 0.25) is 0 Å². The number of aromatic amines is 1. The second-order valence-corrected chi connectivity index (χ2v) is 7.03. The van der Waals surface area contributed by atoms with Crippen LogP contribution in [-0.4, -0.2) is 24.1 Å². The van der Waals surface area contributed by atoms with Crippen LogP contribution in [0.15, 0.2) is 53.6 Å². The van der Waals surface area contributed by atoms with E-state index >= 15 is 0 Å². The maximum atomic E-state index is 12.7. The Morgan fingerprint density at radius 3 is 2.64 bits per heavy atom. The molecular weight excluding hydrogens is 346 g/mol.